The predicted octanol–water partition coefficient (Wildman–Crippen LogP) is -0.494. The number of rotatable bonds is 16. The van der Waals surface area contributed by atoms with Gasteiger partial charge in [0.15, 0.2) is 18.6 Å². The van der Waals surface area contributed by atoms with E-state index in [0.29, 0.717) is 30.6 Å². The summed E-state index contributed by atoms with van der Waals surface area (Å²) in [4.78, 5) is 74.8. The van der Waals surface area contributed by atoms with Crippen molar-refractivity contribution < 1.29 is 53.0 Å². The summed E-state index contributed by atoms with van der Waals surface area (Å²) in [6.07, 6.45) is -2.87. The molecule has 0 aliphatic carbocycles. The number of carboxylic acids is 1. The molecule has 0 amide bonds. The highest BCUT2D eigenvalue weighted by molar-refractivity contribution is 5.76. The van der Waals surface area contributed by atoms with E-state index in [-0.39, 0.29) is 32.7 Å². The highest BCUT2D eigenvalue weighted by Gasteiger charge is 2.48. The van der Waals surface area contributed by atoms with Gasteiger partial charge in [-0.25, -0.2) is 9.59 Å². The average Bonchev–Trinajstić information content (AvgIpc) is 3.59. The molecule has 4 N–H and O–H groups in total. The molecule has 2 aliphatic heterocycles. The number of methoxy groups -OCH3 is 2. The molecule has 286 valence electrons. The maximum absolute atomic E-state index is 12.3. The van der Waals surface area contributed by atoms with Gasteiger partial charge in [0.1, 0.15) is 18.3 Å². The van der Waals surface area contributed by atoms with Gasteiger partial charge in [0.2, 0.25) is 0 Å². The zero-order valence-electron chi connectivity index (χ0n) is 29.5. The number of H-pyrrole nitrogens is 2. The number of hydrogen-bond donors (Lipinski definition) is 4. The molecule has 0 spiro atoms. The Bertz CT molecular complexity index is 1680. The van der Waals surface area contributed by atoms with Crippen LogP contribution in [0.4, 0.5) is 0 Å². The number of ether oxygens (including phenoxy) is 7. The monoisotopic (exact) mass is 728 g/mol. The molecule has 4 heterocycles. The van der Waals surface area contributed by atoms with E-state index in [2.05, 4.69) is 9.97 Å². The first kappa shape index (κ1) is 41.4. The molecule has 0 bridgehead atoms. The fourth-order valence-electron chi connectivity index (χ4n) is 5.55. The molecule has 2 aromatic rings. The van der Waals surface area contributed by atoms with Crippen molar-refractivity contribution in [3.05, 3.63) is 65.2 Å². The van der Waals surface area contributed by atoms with Crippen molar-refractivity contribution in [1.82, 2.24) is 19.1 Å². The van der Waals surface area contributed by atoms with E-state index >= 15 is 0 Å². The zero-order valence-corrected chi connectivity index (χ0v) is 29.5. The van der Waals surface area contributed by atoms with Crippen molar-refractivity contribution in [3.8, 4) is 0 Å². The Kier molecular flexibility index (Phi) is 15.9. The molecule has 8 atom stereocenters. The molecule has 19 heteroatoms. The van der Waals surface area contributed by atoms with Gasteiger partial charge in [0, 0.05) is 37.7 Å². The van der Waals surface area contributed by atoms with Gasteiger partial charge in [0.05, 0.1) is 51.5 Å². The summed E-state index contributed by atoms with van der Waals surface area (Å²) in [5.41, 5.74) is -1.54. The minimum atomic E-state index is -1.11. The number of aryl methyl sites for hydroxylation is 2. The van der Waals surface area contributed by atoms with E-state index in [1.54, 1.807) is 21.0 Å². The van der Waals surface area contributed by atoms with Crippen LogP contribution >= 0.6 is 0 Å². The Morgan fingerprint density at radius 1 is 0.745 bits per heavy atom. The summed E-state index contributed by atoms with van der Waals surface area (Å²) in [6, 6.07) is 0. The Hall–Kier alpha value is -3.98. The first-order chi connectivity index (χ1) is 24.3. The molecule has 4 rings (SSSR count). The first-order valence-electron chi connectivity index (χ1n) is 16.5. The normalized spacial score (nSPS) is 25.7. The quantitative estimate of drug-likeness (QED) is 0.126. The number of aliphatic hydroxyl groups is 1. The number of carbonyl (C=O) groups is 2. The molecule has 2 fully saturated rings. The molecule has 2 unspecified atom stereocenters. The Balaban J connectivity index is 0.000000286. The summed E-state index contributed by atoms with van der Waals surface area (Å²) in [6.45, 7) is 7.89. The highest BCUT2D eigenvalue weighted by Crippen LogP contribution is 2.35. The molecular formula is C32H48N4O15. The topological polar surface area (TPSA) is 249 Å². The van der Waals surface area contributed by atoms with E-state index in [1.165, 1.54) is 28.6 Å². The molecule has 2 aliphatic rings. The second-order valence-corrected chi connectivity index (χ2v) is 11.9. The largest absolute Gasteiger partial charge is 0.481 e. The molecule has 51 heavy (non-hydrogen) atoms. The number of hydrogen-bond acceptors (Lipinski definition) is 14. The van der Waals surface area contributed by atoms with Crippen molar-refractivity contribution in [2.75, 3.05) is 40.6 Å². The van der Waals surface area contributed by atoms with Crippen LogP contribution in [0.25, 0.3) is 0 Å². The zero-order chi connectivity index (χ0) is 37.8. The summed E-state index contributed by atoms with van der Waals surface area (Å²) >= 11 is 0. The average molecular weight is 729 g/mol. The van der Waals surface area contributed by atoms with Crippen molar-refractivity contribution in [2.24, 2.45) is 0 Å². The second kappa shape index (κ2) is 19.6. The van der Waals surface area contributed by atoms with E-state index in [9.17, 15) is 33.9 Å². The lowest BCUT2D eigenvalue weighted by Gasteiger charge is -2.25. The summed E-state index contributed by atoms with van der Waals surface area (Å²) in [5.74, 6) is -1.82. The number of carbonyl (C=O) groups excluding carboxylic acids is 1. The second-order valence-electron chi connectivity index (χ2n) is 11.9. The predicted molar refractivity (Wildman–Crippen MR) is 177 cm³/mol. The number of aliphatic carboxylic acids is 1. The van der Waals surface area contributed by atoms with Crippen molar-refractivity contribution in [2.45, 2.75) is 102 Å². The standard InChI is InChI=1S/C18H26N2O9.C14H22N2O6/c1-4-11-14(29-13(23)6-5-12(21)22)15(27-8-7-26-3)17(28-11)20-9-10(2)16(24)19-18(20)25;1-4-9-10(17)11(21-6-5-20-3)13(22-9)16-7-8(2)12(18)15-14(16)19/h9,11,14-15,17H,4-8H2,1-3H3,(H,21,22)(H,19,24,25);7,9-11,13,17H,4-6H2,1-3H3,(H,15,18,19)/t11-,14+,15?,17-;9-,10+,11?,13-/m11/s1. The smallest absolute Gasteiger partial charge is 0.330 e. The number of aliphatic hydroxyl groups excluding tert-OH is 1. The molecule has 0 aromatic carbocycles. The third kappa shape index (κ3) is 10.8. The third-order valence-electron chi connectivity index (χ3n) is 8.25. The number of esters is 1. The number of nitrogens with zero attached hydrogens (tertiary/aromatic N) is 2. The van der Waals surface area contributed by atoms with Gasteiger partial charge in [-0.15, -0.1) is 0 Å². The Morgan fingerprint density at radius 2 is 1.22 bits per heavy atom. The van der Waals surface area contributed by atoms with Gasteiger partial charge >= 0.3 is 23.3 Å². The van der Waals surface area contributed by atoms with Crippen molar-refractivity contribution in [3.63, 3.8) is 0 Å². The van der Waals surface area contributed by atoms with Crippen LogP contribution in [0.15, 0.2) is 31.6 Å². The Morgan fingerprint density at radius 3 is 1.69 bits per heavy atom. The van der Waals surface area contributed by atoms with Crippen LogP contribution in [0, 0.1) is 13.8 Å². The fraction of sp³-hybridized carbons (Fsp3) is 0.688. The van der Waals surface area contributed by atoms with Gasteiger partial charge in [0.25, 0.3) is 11.1 Å². The van der Waals surface area contributed by atoms with Gasteiger partial charge in [-0.2, -0.15) is 0 Å². The molecule has 2 saturated heterocycles. The molecular weight excluding hydrogens is 680 g/mol. The van der Waals surface area contributed by atoms with Gasteiger partial charge in [-0.1, -0.05) is 13.8 Å². The summed E-state index contributed by atoms with van der Waals surface area (Å²) in [5, 5.41) is 19.1. The molecule has 2 aromatic heterocycles. The lowest BCUT2D eigenvalue weighted by molar-refractivity contribution is -0.160. The Labute approximate surface area is 292 Å². The lowest BCUT2D eigenvalue weighted by atomic mass is 10.1. The fourth-order valence-corrected chi connectivity index (χ4v) is 5.55. The van der Waals surface area contributed by atoms with Crippen LogP contribution in [0.1, 0.15) is 63.1 Å². The maximum atomic E-state index is 12.3. The first-order valence-corrected chi connectivity index (χ1v) is 16.5. The minimum absolute atomic E-state index is 0.151. The molecule has 19 nitrogen and oxygen atoms in total. The van der Waals surface area contributed by atoms with Crippen LogP contribution < -0.4 is 22.5 Å². The lowest BCUT2D eigenvalue weighted by Crippen LogP contribution is -2.42. The van der Waals surface area contributed by atoms with Gasteiger partial charge in [-0.3, -0.25) is 38.3 Å². The summed E-state index contributed by atoms with van der Waals surface area (Å²) < 4.78 is 41.0. The van der Waals surface area contributed by atoms with Gasteiger partial charge < -0.3 is 43.4 Å². The number of nitrogens with one attached hydrogen (secondary N) is 2. The van der Waals surface area contributed by atoms with E-state index in [1.807, 2.05) is 13.8 Å². The van der Waals surface area contributed by atoms with Crippen molar-refractivity contribution >= 4 is 11.9 Å². The van der Waals surface area contributed by atoms with Crippen LogP contribution in [0.5, 0.6) is 0 Å². The highest BCUT2D eigenvalue weighted by atomic mass is 16.6. The third-order valence-corrected chi connectivity index (χ3v) is 8.25. The van der Waals surface area contributed by atoms with Crippen LogP contribution in [-0.2, 0) is 42.7 Å². The number of carboxylic acid groups (broad SMARTS) is 1. The SMILES string of the molecule is CC[C@H]1O[C@@H](n2cc(C)c(=O)[nH]c2=O)C(OCCOC)[C@H]1O.CC[C@H]1O[C@@H](n2cc(C)c(=O)[nH]c2=O)C(OCCOC)[C@H]1OC(=O)CCC(=O)O. The maximum Gasteiger partial charge on any atom is 0.330 e. The van der Waals surface area contributed by atoms with Crippen LogP contribution in [0.3, 0.4) is 0 Å². The van der Waals surface area contributed by atoms with Gasteiger partial charge in [-0.05, 0) is 26.7 Å². The van der Waals surface area contributed by atoms with Crippen LogP contribution in [-0.4, -0.2) is 119 Å². The van der Waals surface area contributed by atoms with E-state index < -0.39 is 83.5 Å². The van der Waals surface area contributed by atoms with Crippen LogP contribution in [0.2, 0.25) is 0 Å². The van der Waals surface area contributed by atoms with Crippen molar-refractivity contribution in [1.29, 1.82) is 0 Å². The van der Waals surface area contributed by atoms with E-state index in [0.717, 1.165) is 0 Å². The number of aromatic nitrogens is 4. The van der Waals surface area contributed by atoms with E-state index in [4.69, 9.17) is 38.3 Å². The summed E-state index contributed by atoms with van der Waals surface area (Å²) in [7, 11) is 3.05. The minimum Gasteiger partial charge on any atom is -0.481 e. The number of aromatic amines is 2. The molecule has 0 radical (unpaired) electrons. The molecule has 0 saturated carbocycles.